The van der Waals surface area contributed by atoms with Gasteiger partial charge in [0.05, 0.1) is 24.5 Å². The van der Waals surface area contributed by atoms with Crippen LogP contribution in [0, 0.1) is 5.82 Å². The van der Waals surface area contributed by atoms with E-state index >= 15 is 0 Å². The molecule has 2 aromatic carbocycles. The topological polar surface area (TPSA) is 75.7 Å². The fourth-order valence-electron chi connectivity index (χ4n) is 2.96. The second-order valence-electron chi connectivity index (χ2n) is 6.56. The van der Waals surface area contributed by atoms with E-state index in [1.54, 1.807) is 36.4 Å². The zero-order valence-electron chi connectivity index (χ0n) is 15.4. The first-order chi connectivity index (χ1) is 13.4. The number of carbonyl (C=O) groups excluding carboxylic acids is 1. The summed E-state index contributed by atoms with van der Waals surface area (Å²) in [5.41, 5.74) is 1.68. The molecule has 0 aromatic heterocycles. The van der Waals surface area contributed by atoms with Crippen molar-refractivity contribution in [3.8, 4) is 0 Å². The molecule has 6 nitrogen and oxygen atoms in total. The van der Waals surface area contributed by atoms with Crippen LogP contribution in [0.2, 0.25) is 0 Å². The average Bonchev–Trinajstić information content (AvgIpc) is 2.71. The zero-order valence-corrected chi connectivity index (χ0v) is 16.3. The van der Waals surface area contributed by atoms with Gasteiger partial charge in [-0.25, -0.2) is 12.8 Å². The molecule has 1 heterocycles. The van der Waals surface area contributed by atoms with Gasteiger partial charge in [0.2, 0.25) is 15.9 Å². The van der Waals surface area contributed by atoms with Crippen molar-refractivity contribution in [3.63, 3.8) is 0 Å². The quantitative estimate of drug-likeness (QED) is 0.760. The van der Waals surface area contributed by atoms with E-state index in [0.717, 1.165) is 11.1 Å². The van der Waals surface area contributed by atoms with Gasteiger partial charge in [-0.05, 0) is 41.8 Å². The molecule has 1 saturated heterocycles. The predicted molar refractivity (Wildman–Crippen MR) is 103 cm³/mol. The van der Waals surface area contributed by atoms with Crippen LogP contribution in [-0.4, -0.2) is 51.5 Å². The molecule has 0 atom stereocenters. The first kappa shape index (κ1) is 20.4. The van der Waals surface area contributed by atoms with Crippen LogP contribution in [0.1, 0.15) is 11.1 Å². The molecule has 1 amide bonds. The molecule has 0 radical (unpaired) electrons. The van der Waals surface area contributed by atoms with Gasteiger partial charge in [-0.1, -0.05) is 24.3 Å². The summed E-state index contributed by atoms with van der Waals surface area (Å²) in [6.07, 6.45) is 0.782. The lowest BCUT2D eigenvalue weighted by Crippen LogP contribution is -2.40. The van der Waals surface area contributed by atoms with Crippen LogP contribution in [0.5, 0.6) is 0 Å². The van der Waals surface area contributed by atoms with Crippen LogP contribution in [-0.2, 0) is 32.4 Å². The third kappa shape index (κ3) is 5.37. The Balaban J connectivity index is 1.49. The Bertz CT molecular complexity index is 893. The summed E-state index contributed by atoms with van der Waals surface area (Å²) >= 11 is 0. The molecular weight excluding hydrogens is 383 g/mol. The molecule has 1 N–H and O–H groups in total. The largest absolute Gasteiger partial charge is 0.379 e. The van der Waals surface area contributed by atoms with Gasteiger partial charge in [0.25, 0.3) is 0 Å². The van der Waals surface area contributed by atoms with Gasteiger partial charge < -0.3 is 10.1 Å². The van der Waals surface area contributed by atoms with Crippen molar-refractivity contribution in [1.29, 1.82) is 0 Å². The van der Waals surface area contributed by atoms with E-state index in [0.29, 0.717) is 39.3 Å². The first-order valence-corrected chi connectivity index (χ1v) is 10.6. The second kappa shape index (κ2) is 9.27. The molecule has 150 valence electrons. The maximum atomic E-state index is 12.9. The molecule has 1 aliphatic heterocycles. The van der Waals surface area contributed by atoms with Gasteiger partial charge in [-0.2, -0.15) is 4.31 Å². The number of ether oxygens (including phenoxy) is 1. The number of amides is 1. The van der Waals surface area contributed by atoms with Crippen LogP contribution < -0.4 is 5.32 Å². The number of rotatable bonds is 7. The minimum absolute atomic E-state index is 0.141. The Kier molecular flexibility index (Phi) is 6.77. The van der Waals surface area contributed by atoms with Crippen molar-refractivity contribution < 1.29 is 22.3 Å². The Morgan fingerprint density at radius 3 is 2.25 bits per heavy atom. The highest BCUT2D eigenvalue weighted by Gasteiger charge is 2.25. The lowest BCUT2D eigenvalue weighted by Gasteiger charge is -2.26. The van der Waals surface area contributed by atoms with Crippen LogP contribution in [0.3, 0.4) is 0 Å². The molecule has 1 aliphatic rings. The van der Waals surface area contributed by atoms with E-state index in [2.05, 4.69) is 5.32 Å². The number of nitrogens with one attached hydrogen (secondary N) is 1. The lowest BCUT2D eigenvalue weighted by atomic mass is 10.1. The maximum Gasteiger partial charge on any atom is 0.243 e. The van der Waals surface area contributed by atoms with Gasteiger partial charge >= 0.3 is 0 Å². The number of morpholine rings is 1. The van der Waals surface area contributed by atoms with Crippen molar-refractivity contribution in [2.24, 2.45) is 0 Å². The summed E-state index contributed by atoms with van der Waals surface area (Å²) in [5, 5.41) is 2.82. The molecule has 0 aliphatic carbocycles. The summed E-state index contributed by atoms with van der Waals surface area (Å²) in [6, 6.07) is 12.6. The molecule has 0 spiro atoms. The number of hydrogen-bond acceptors (Lipinski definition) is 4. The molecule has 0 unspecified atom stereocenters. The van der Waals surface area contributed by atoms with E-state index in [4.69, 9.17) is 4.74 Å². The Labute approximate surface area is 164 Å². The summed E-state index contributed by atoms with van der Waals surface area (Å²) < 4.78 is 44.7. The predicted octanol–water partition coefficient (Wildman–Crippen LogP) is 1.75. The maximum absolute atomic E-state index is 12.9. The van der Waals surface area contributed by atoms with Crippen LogP contribution in [0.25, 0.3) is 0 Å². The van der Waals surface area contributed by atoms with Crippen molar-refractivity contribution in [3.05, 3.63) is 65.5 Å². The number of sulfonamides is 1. The second-order valence-corrected chi connectivity index (χ2v) is 8.50. The van der Waals surface area contributed by atoms with Crippen molar-refractivity contribution in [1.82, 2.24) is 9.62 Å². The average molecular weight is 406 g/mol. The number of hydrogen-bond donors (Lipinski definition) is 1. The molecule has 28 heavy (non-hydrogen) atoms. The summed E-state index contributed by atoms with van der Waals surface area (Å²) in [4.78, 5) is 12.2. The van der Waals surface area contributed by atoms with Gasteiger partial charge in [-0.15, -0.1) is 0 Å². The number of benzene rings is 2. The fraction of sp³-hybridized carbons (Fsp3) is 0.350. The Hall–Kier alpha value is -2.29. The Morgan fingerprint density at radius 2 is 1.61 bits per heavy atom. The standard InChI is InChI=1S/C20H23FN2O4S/c21-18-5-1-17(2-6-18)15-20(24)22-10-9-16-3-7-19(8-4-16)28(25,26)23-11-13-27-14-12-23/h1-8H,9-15H2,(H,22,24). The van der Waals surface area contributed by atoms with Crippen LogP contribution in [0.4, 0.5) is 4.39 Å². The fourth-order valence-corrected chi connectivity index (χ4v) is 4.37. The first-order valence-electron chi connectivity index (χ1n) is 9.13. The Morgan fingerprint density at radius 1 is 1.00 bits per heavy atom. The smallest absolute Gasteiger partial charge is 0.243 e. The van der Waals surface area contributed by atoms with E-state index in [1.807, 2.05) is 0 Å². The van der Waals surface area contributed by atoms with Crippen LogP contribution >= 0.6 is 0 Å². The minimum Gasteiger partial charge on any atom is -0.379 e. The third-order valence-corrected chi connectivity index (χ3v) is 6.46. The number of carbonyl (C=O) groups is 1. The summed E-state index contributed by atoms with van der Waals surface area (Å²) in [7, 11) is -3.49. The summed E-state index contributed by atoms with van der Waals surface area (Å²) in [6.45, 7) is 1.99. The van der Waals surface area contributed by atoms with E-state index < -0.39 is 10.0 Å². The molecule has 8 heteroatoms. The molecule has 3 rings (SSSR count). The molecule has 1 fully saturated rings. The normalized spacial score (nSPS) is 15.3. The molecule has 0 bridgehead atoms. The highest BCUT2D eigenvalue weighted by atomic mass is 32.2. The van der Waals surface area contributed by atoms with E-state index in [-0.39, 0.29) is 23.0 Å². The van der Waals surface area contributed by atoms with E-state index in [9.17, 15) is 17.6 Å². The number of halogens is 1. The molecule has 0 saturated carbocycles. The van der Waals surface area contributed by atoms with Crippen molar-refractivity contribution >= 4 is 15.9 Å². The van der Waals surface area contributed by atoms with Crippen molar-refractivity contribution in [2.75, 3.05) is 32.8 Å². The third-order valence-electron chi connectivity index (χ3n) is 4.54. The molecular formula is C20H23FN2O4S. The highest BCUT2D eigenvalue weighted by molar-refractivity contribution is 7.89. The van der Waals surface area contributed by atoms with E-state index in [1.165, 1.54) is 16.4 Å². The van der Waals surface area contributed by atoms with Gasteiger partial charge in [-0.3, -0.25) is 4.79 Å². The zero-order chi connectivity index (χ0) is 20.0. The number of nitrogens with zero attached hydrogens (tertiary/aromatic N) is 1. The van der Waals surface area contributed by atoms with Crippen molar-refractivity contribution in [2.45, 2.75) is 17.7 Å². The summed E-state index contributed by atoms with van der Waals surface area (Å²) in [5.74, 6) is -0.471. The van der Waals surface area contributed by atoms with Gasteiger partial charge in [0, 0.05) is 19.6 Å². The highest BCUT2D eigenvalue weighted by Crippen LogP contribution is 2.17. The van der Waals surface area contributed by atoms with Gasteiger partial charge in [0.15, 0.2) is 0 Å². The molecule has 2 aromatic rings. The van der Waals surface area contributed by atoms with Gasteiger partial charge in [0.1, 0.15) is 5.82 Å². The van der Waals surface area contributed by atoms with Crippen LogP contribution in [0.15, 0.2) is 53.4 Å². The minimum atomic E-state index is -3.49. The monoisotopic (exact) mass is 406 g/mol. The lowest BCUT2D eigenvalue weighted by molar-refractivity contribution is -0.120. The SMILES string of the molecule is O=C(Cc1ccc(F)cc1)NCCc1ccc(S(=O)(=O)N2CCOCC2)cc1.